The number of hydrogen-bond donors (Lipinski definition) is 0. The van der Waals surface area contributed by atoms with Gasteiger partial charge in [0.15, 0.2) is 0 Å². The van der Waals surface area contributed by atoms with E-state index in [-0.39, 0.29) is 24.5 Å². The predicted octanol–water partition coefficient (Wildman–Crippen LogP) is 2.94. The van der Waals surface area contributed by atoms with Gasteiger partial charge in [-0.25, -0.2) is 4.79 Å². The lowest BCUT2D eigenvalue weighted by molar-refractivity contribution is -0.170. The van der Waals surface area contributed by atoms with E-state index in [4.69, 9.17) is 4.74 Å². The Morgan fingerprint density at radius 2 is 1.87 bits per heavy atom. The van der Waals surface area contributed by atoms with Crippen LogP contribution in [0.2, 0.25) is 0 Å². The number of hydrogen-bond acceptors (Lipinski definition) is 4. The van der Waals surface area contributed by atoms with E-state index >= 15 is 0 Å². The van der Waals surface area contributed by atoms with E-state index in [2.05, 4.69) is 0 Å². The maximum absolute atomic E-state index is 13.6. The quantitative estimate of drug-likeness (QED) is 0.674. The Balaban J connectivity index is 1.58. The van der Waals surface area contributed by atoms with Crippen molar-refractivity contribution >= 4 is 17.8 Å². The molecule has 6 heteroatoms. The van der Waals surface area contributed by atoms with Crippen LogP contribution in [-0.2, 0) is 25.5 Å². The van der Waals surface area contributed by atoms with Gasteiger partial charge in [-0.3, -0.25) is 9.59 Å². The van der Waals surface area contributed by atoms with E-state index in [1.54, 1.807) is 18.7 Å². The van der Waals surface area contributed by atoms with Gasteiger partial charge in [-0.2, -0.15) is 0 Å². The highest BCUT2D eigenvalue weighted by molar-refractivity contribution is 5.99. The number of nitrogens with zero attached hydrogens (tertiary/aromatic N) is 2. The summed E-state index contributed by atoms with van der Waals surface area (Å²) in [4.78, 5) is 43.2. The summed E-state index contributed by atoms with van der Waals surface area (Å²) in [6.07, 6.45) is 6.19. The molecule has 2 aliphatic heterocycles. The molecule has 1 aromatic carbocycles. The van der Waals surface area contributed by atoms with Crippen molar-refractivity contribution in [2.75, 3.05) is 6.61 Å². The minimum atomic E-state index is -0.735. The first-order chi connectivity index (χ1) is 14.5. The highest BCUT2D eigenvalue weighted by atomic mass is 16.5. The summed E-state index contributed by atoms with van der Waals surface area (Å²) in [5.74, 6) is -0.0925. The molecule has 0 spiro atoms. The van der Waals surface area contributed by atoms with Crippen LogP contribution in [0.15, 0.2) is 30.3 Å². The Labute approximate surface area is 178 Å². The minimum absolute atomic E-state index is 0.0111. The third-order valence-corrected chi connectivity index (χ3v) is 7.10. The third kappa shape index (κ3) is 3.72. The van der Waals surface area contributed by atoms with E-state index < -0.39 is 24.1 Å². The molecule has 6 nitrogen and oxygen atoms in total. The first-order valence-electron chi connectivity index (χ1n) is 11.4. The van der Waals surface area contributed by atoms with Crippen LogP contribution in [0.25, 0.3) is 0 Å². The van der Waals surface area contributed by atoms with Crippen molar-refractivity contribution in [1.82, 2.24) is 9.80 Å². The highest BCUT2D eigenvalue weighted by Gasteiger charge is 2.55. The summed E-state index contributed by atoms with van der Waals surface area (Å²) in [6, 6.07) is 8.30. The first kappa shape index (κ1) is 20.9. The van der Waals surface area contributed by atoms with E-state index in [1.165, 1.54) is 6.42 Å². The lowest BCUT2D eigenvalue weighted by atomic mass is 9.85. The van der Waals surface area contributed by atoms with Crippen molar-refractivity contribution in [2.45, 2.75) is 83.0 Å². The number of ether oxygens (including phenoxy) is 1. The van der Waals surface area contributed by atoms with Gasteiger partial charge < -0.3 is 14.5 Å². The van der Waals surface area contributed by atoms with Gasteiger partial charge >= 0.3 is 5.97 Å². The number of piperazine rings is 1. The van der Waals surface area contributed by atoms with Crippen molar-refractivity contribution in [1.29, 1.82) is 0 Å². The highest BCUT2D eigenvalue weighted by Crippen LogP contribution is 2.43. The van der Waals surface area contributed by atoms with Crippen LogP contribution in [0.3, 0.4) is 0 Å². The number of esters is 1. The Morgan fingerprint density at radius 1 is 1.13 bits per heavy atom. The summed E-state index contributed by atoms with van der Waals surface area (Å²) in [6.45, 7) is 3.79. The molecule has 0 N–H and O–H groups in total. The van der Waals surface area contributed by atoms with Crippen molar-refractivity contribution in [3.05, 3.63) is 35.9 Å². The molecule has 2 heterocycles. The molecule has 1 aromatic rings. The molecule has 3 fully saturated rings. The van der Waals surface area contributed by atoms with Gasteiger partial charge in [0.1, 0.15) is 18.1 Å². The monoisotopic (exact) mass is 412 g/mol. The number of benzene rings is 1. The molecule has 4 rings (SSSR count). The van der Waals surface area contributed by atoms with Crippen LogP contribution in [0, 0.1) is 5.92 Å². The van der Waals surface area contributed by atoms with Crippen molar-refractivity contribution < 1.29 is 19.1 Å². The summed E-state index contributed by atoms with van der Waals surface area (Å²) >= 11 is 0. The number of carbonyl (C=O) groups is 3. The van der Waals surface area contributed by atoms with Crippen LogP contribution < -0.4 is 0 Å². The molecule has 0 radical (unpaired) electrons. The van der Waals surface area contributed by atoms with E-state index in [1.807, 2.05) is 35.2 Å². The maximum atomic E-state index is 13.6. The van der Waals surface area contributed by atoms with Gasteiger partial charge in [0.05, 0.1) is 6.61 Å². The number of carbonyl (C=O) groups excluding carboxylic acids is 3. The van der Waals surface area contributed by atoms with E-state index in [0.29, 0.717) is 18.8 Å². The second-order valence-electron chi connectivity index (χ2n) is 8.82. The average molecular weight is 413 g/mol. The molecule has 0 unspecified atom stereocenters. The summed E-state index contributed by atoms with van der Waals surface area (Å²) in [5.41, 5.74) is 1.10. The van der Waals surface area contributed by atoms with Crippen molar-refractivity contribution in [2.24, 2.45) is 5.92 Å². The molecule has 30 heavy (non-hydrogen) atoms. The van der Waals surface area contributed by atoms with Crippen LogP contribution >= 0.6 is 0 Å². The Bertz CT molecular complexity index is 796. The molecule has 162 valence electrons. The molecular formula is C24H32N2O4. The first-order valence-corrected chi connectivity index (χ1v) is 11.4. The number of aryl methyl sites for hydroxylation is 1. The van der Waals surface area contributed by atoms with Gasteiger partial charge in [-0.15, -0.1) is 0 Å². The van der Waals surface area contributed by atoms with Gasteiger partial charge in [0.25, 0.3) is 0 Å². The molecule has 0 bridgehead atoms. The maximum Gasteiger partial charge on any atom is 0.328 e. The Morgan fingerprint density at radius 3 is 2.60 bits per heavy atom. The van der Waals surface area contributed by atoms with Gasteiger partial charge in [-0.1, -0.05) is 43.2 Å². The number of amides is 2. The molecule has 5 atom stereocenters. The lowest BCUT2D eigenvalue weighted by Gasteiger charge is -2.46. The summed E-state index contributed by atoms with van der Waals surface area (Å²) in [7, 11) is 0. The second-order valence-corrected chi connectivity index (χ2v) is 8.82. The Hall–Kier alpha value is -2.37. The molecule has 1 aliphatic carbocycles. The zero-order valence-corrected chi connectivity index (χ0v) is 18.0. The zero-order chi connectivity index (χ0) is 21.3. The van der Waals surface area contributed by atoms with Crippen molar-refractivity contribution in [3.8, 4) is 0 Å². The van der Waals surface area contributed by atoms with Gasteiger partial charge in [0, 0.05) is 6.04 Å². The molecule has 2 amide bonds. The minimum Gasteiger partial charge on any atom is -0.464 e. The van der Waals surface area contributed by atoms with E-state index in [9.17, 15) is 14.4 Å². The molecule has 0 aromatic heterocycles. The molecular weight excluding hydrogens is 380 g/mol. The van der Waals surface area contributed by atoms with Crippen LogP contribution in [0.1, 0.15) is 57.9 Å². The summed E-state index contributed by atoms with van der Waals surface area (Å²) in [5, 5.41) is 0. The smallest absolute Gasteiger partial charge is 0.328 e. The normalized spacial score (nSPS) is 29.4. The SMILES string of the molecule is CCOC(=O)[C@H](CCc1ccccc1)N1C(=O)[C@@H]2C[C@H]3CCCC[C@@H]3N2C(=O)[C@@H]1C. The fourth-order valence-corrected chi connectivity index (χ4v) is 5.68. The second kappa shape index (κ2) is 8.78. The topological polar surface area (TPSA) is 66.9 Å². The fraction of sp³-hybridized carbons (Fsp3) is 0.625. The van der Waals surface area contributed by atoms with Crippen LogP contribution in [-0.4, -0.2) is 58.4 Å². The molecule has 2 saturated heterocycles. The number of fused-ring (bicyclic) bond motifs is 3. The third-order valence-electron chi connectivity index (χ3n) is 7.10. The average Bonchev–Trinajstić information content (AvgIpc) is 3.15. The van der Waals surface area contributed by atoms with E-state index in [0.717, 1.165) is 31.2 Å². The predicted molar refractivity (Wildman–Crippen MR) is 112 cm³/mol. The zero-order valence-electron chi connectivity index (χ0n) is 18.0. The Kier molecular flexibility index (Phi) is 6.11. The summed E-state index contributed by atoms with van der Waals surface area (Å²) < 4.78 is 5.33. The number of rotatable bonds is 6. The molecule has 1 saturated carbocycles. The lowest BCUT2D eigenvalue weighted by Crippen LogP contribution is -2.67. The van der Waals surface area contributed by atoms with Crippen LogP contribution in [0.4, 0.5) is 0 Å². The van der Waals surface area contributed by atoms with Gasteiger partial charge in [-0.05, 0) is 57.4 Å². The van der Waals surface area contributed by atoms with Crippen molar-refractivity contribution in [3.63, 3.8) is 0 Å². The van der Waals surface area contributed by atoms with Gasteiger partial charge in [0.2, 0.25) is 11.8 Å². The molecule has 3 aliphatic rings. The fourth-order valence-electron chi connectivity index (χ4n) is 5.68. The standard InChI is InChI=1S/C24H32N2O4/c1-3-30-24(29)20(14-13-17-9-5-4-6-10-17)25-16(2)22(27)26-19-12-8-7-11-18(19)15-21(26)23(25)28/h4-6,9-10,16,18-21H,3,7-8,11-15H2,1-2H3/t16-,18+,19-,20-,21-/m0/s1. The largest absolute Gasteiger partial charge is 0.464 e. The van der Waals surface area contributed by atoms with Crippen LogP contribution in [0.5, 0.6) is 0 Å².